The molecule has 0 aliphatic carbocycles. The maximum Gasteiger partial charge on any atom is 0.315 e. The smallest absolute Gasteiger partial charge is 0.315 e. The zero-order valence-electron chi connectivity index (χ0n) is 14.9. The van der Waals surface area contributed by atoms with Crippen LogP contribution in [0.15, 0.2) is 24.4 Å². The number of nitrogens with zero attached hydrogens (tertiary/aromatic N) is 3. The minimum atomic E-state index is -0.356. The number of carbonyl (C=O) groups is 2. The van der Waals surface area contributed by atoms with Crippen LogP contribution in [0.5, 0.6) is 5.75 Å². The van der Waals surface area contributed by atoms with Gasteiger partial charge >= 0.3 is 6.03 Å². The molecule has 3 heterocycles. The first-order chi connectivity index (χ1) is 13.0. The molecule has 0 saturated heterocycles. The Morgan fingerprint density at radius 2 is 2.26 bits per heavy atom. The quantitative estimate of drug-likeness (QED) is 0.837. The predicted molar refractivity (Wildman–Crippen MR) is 93.9 cm³/mol. The van der Waals surface area contributed by atoms with Gasteiger partial charge in [-0.3, -0.25) is 9.48 Å². The summed E-state index contributed by atoms with van der Waals surface area (Å²) in [4.78, 5) is 26.2. The van der Waals surface area contributed by atoms with Crippen molar-refractivity contribution in [3.8, 4) is 5.75 Å². The van der Waals surface area contributed by atoms with Crippen molar-refractivity contribution in [2.24, 2.45) is 0 Å². The molecule has 1 atom stereocenters. The van der Waals surface area contributed by atoms with Crippen LogP contribution in [0.2, 0.25) is 0 Å². The van der Waals surface area contributed by atoms with E-state index in [9.17, 15) is 14.0 Å². The Morgan fingerprint density at radius 1 is 1.41 bits per heavy atom. The summed E-state index contributed by atoms with van der Waals surface area (Å²) >= 11 is 0. The number of hydrogen-bond acceptors (Lipinski definition) is 4. The Labute approximate surface area is 155 Å². The standard InChI is InChI=1S/C18H20FN5O3/c1-23-4-5-24-16(17(23)25)12(9-21-24)8-20-18(26)22-14-6-11-2-3-13(19)7-15(11)27-10-14/h2-3,7,9,14H,4-6,8,10H2,1H3,(H2,20,22,26). The van der Waals surface area contributed by atoms with Crippen LogP contribution in [0.3, 0.4) is 0 Å². The summed E-state index contributed by atoms with van der Waals surface area (Å²) in [5.74, 6) is 0.0747. The van der Waals surface area contributed by atoms with Gasteiger partial charge in [0.05, 0.1) is 18.8 Å². The predicted octanol–water partition coefficient (Wildman–Crippen LogP) is 0.911. The summed E-state index contributed by atoms with van der Waals surface area (Å²) < 4.78 is 20.4. The number of halogens is 1. The number of hydrogen-bond donors (Lipinski definition) is 2. The summed E-state index contributed by atoms with van der Waals surface area (Å²) in [6.07, 6.45) is 2.18. The molecule has 0 bridgehead atoms. The molecule has 9 heteroatoms. The van der Waals surface area contributed by atoms with Crippen molar-refractivity contribution in [3.05, 3.63) is 47.0 Å². The first-order valence-corrected chi connectivity index (χ1v) is 8.77. The maximum atomic E-state index is 13.2. The lowest BCUT2D eigenvalue weighted by Gasteiger charge is -2.26. The van der Waals surface area contributed by atoms with E-state index in [1.807, 2.05) is 0 Å². The number of ether oxygens (including phenoxy) is 1. The average Bonchev–Trinajstić information content (AvgIpc) is 3.07. The lowest BCUT2D eigenvalue weighted by atomic mass is 10.0. The van der Waals surface area contributed by atoms with Crippen LogP contribution in [0, 0.1) is 5.82 Å². The van der Waals surface area contributed by atoms with Crippen molar-refractivity contribution >= 4 is 11.9 Å². The zero-order chi connectivity index (χ0) is 19.0. The van der Waals surface area contributed by atoms with Gasteiger partial charge in [0.2, 0.25) is 0 Å². The summed E-state index contributed by atoms with van der Waals surface area (Å²) in [5, 5.41) is 9.82. The van der Waals surface area contributed by atoms with Crippen LogP contribution in [0.1, 0.15) is 21.6 Å². The first-order valence-electron chi connectivity index (χ1n) is 8.77. The van der Waals surface area contributed by atoms with E-state index in [0.29, 0.717) is 36.5 Å². The molecular weight excluding hydrogens is 353 g/mol. The zero-order valence-corrected chi connectivity index (χ0v) is 14.9. The Bertz CT molecular complexity index is 897. The van der Waals surface area contributed by atoms with Gasteiger partial charge in [-0.25, -0.2) is 9.18 Å². The molecule has 1 unspecified atom stereocenters. The van der Waals surface area contributed by atoms with Crippen LogP contribution >= 0.6 is 0 Å². The van der Waals surface area contributed by atoms with Crippen LogP contribution in [-0.2, 0) is 19.5 Å². The van der Waals surface area contributed by atoms with E-state index in [1.54, 1.807) is 28.9 Å². The van der Waals surface area contributed by atoms with Crippen molar-refractivity contribution in [1.29, 1.82) is 0 Å². The van der Waals surface area contributed by atoms with Crippen molar-refractivity contribution in [2.45, 2.75) is 25.6 Å². The third kappa shape index (κ3) is 3.44. The fourth-order valence-corrected chi connectivity index (χ4v) is 3.35. The van der Waals surface area contributed by atoms with Gasteiger partial charge in [0.15, 0.2) is 0 Å². The summed E-state index contributed by atoms with van der Waals surface area (Å²) in [6, 6.07) is 3.82. The Balaban J connectivity index is 1.34. The molecule has 1 aromatic heterocycles. The number of urea groups is 1. The van der Waals surface area contributed by atoms with Crippen LogP contribution < -0.4 is 15.4 Å². The number of aromatic nitrogens is 2. The van der Waals surface area contributed by atoms with E-state index in [-0.39, 0.29) is 36.9 Å². The number of benzene rings is 1. The Kier molecular flexibility index (Phi) is 4.43. The van der Waals surface area contributed by atoms with Crippen LogP contribution in [-0.4, -0.2) is 52.9 Å². The van der Waals surface area contributed by atoms with Crippen molar-refractivity contribution in [3.63, 3.8) is 0 Å². The molecule has 2 aliphatic heterocycles. The third-order valence-corrected chi connectivity index (χ3v) is 4.82. The number of rotatable bonds is 3. The van der Waals surface area contributed by atoms with Gasteiger partial charge in [0.1, 0.15) is 23.9 Å². The molecule has 142 valence electrons. The van der Waals surface area contributed by atoms with Gasteiger partial charge < -0.3 is 20.3 Å². The van der Waals surface area contributed by atoms with Gasteiger partial charge in [0, 0.05) is 31.8 Å². The first kappa shape index (κ1) is 17.3. The third-order valence-electron chi connectivity index (χ3n) is 4.82. The normalized spacial score (nSPS) is 18.4. The molecule has 0 radical (unpaired) electrons. The molecule has 2 aromatic rings. The highest BCUT2D eigenvalue weighted by Gasteiger charge is 2.26. The molecule has 2 aliphatic rings. The molecule has 0 saturated carbocycles. The second-order valence-electron chi connectivity index (χ2n) is 6.76. The average molecular weight is 373 g/mol. The Morgan fingerprint density at radius 3 is 3.11 bits per heavy atom. The number of fused-ring (bicyclic) bond motifs is 2. The van der Waals surface area contributed by atoms with E-state index in [2.05, 4.69) is 15.7 Å². The molecule has 27 heavy (non-hydrogen) atoms. The topological polar surface area (TPSA) is 88.5 Å². The number of nitrogens with one attached hydrogen (secondary N) is 2. The number of likely N-dealkylation sites (N-methyl/N-ethyl adjacent to an activating group) is 1. The molecule has 4 rings (SSSR count). The molecule has 2 N–H and O–H groups in total. The molecular formula is C18H20FN5O3. The second kappa shape index (κ2) is 6.90. The summed E-state index contributed by atoms with van der Waals surface area (Å²) in [6.45, 7) is 1.74. The van der Waals surface area contributed by atoms with Crippen molar-refractivity contribution < 1.29 is 18.7 Å². The van der Waals surface area contributed by atoms with E-state index in [0.717, 1.165) is 5.56 Å². The lowest BCUT2D eigenvalue weighted by molar-refractivity contribution is 0.0741. The Hall–Kier alpha value is -3.10. The van der Waals surface area contributed by atoms with Gasteiger partial charge in [-0.05, 0) is 18.1 Å². The van der Waals surface area contributed by atoms with Crippen LogP contribution in [0.25, 0.3) is 0 Å². The molecule has 0 spiro atoms. The van der Waals surface area contributed by atoms with Gasteiger partial charge in [-0.2, -0.15) is 5.10 Å². The highest BCUT2D eigenvalue weighted by Crippen LogP contribution is 2.25. The van der Waals surface area contributed by atoms with Crippen molar-refractivity contribution in [2.75, 3.05) is 20.2 Å². The highest BCUT2D eigenvalue weighted by molar-refractivity contribution is 5.94. The fourth-order valence-electron chi connectivity index (χ4n) is 3.35. The van der Waals surface area contributed by atoms with Crippen LogP contribution in [0.4, 0.5) is 9.18 Å². The molecule has 3 amide bonds. The monoisotopic (exact) mass is 373 g/mol. The minimum absolute atomic E-state index is 0.0968. The SMILES string of the molecule is CN1CCn2ncc(CNC(=O)NC3COc4cc(F)ccc4C3)c2C1=O. The number of carbonyl (C=O) groups excluding carboxylic acids is 2. The summed E-state index contributed by atoms with van der Waals surface area (Å²) in [7, 11) is 1.75. The van der Waals surface area contributed by atoms with E-state index >= 15 is 0 Å². The highest BCUT2D eigenvalue weighted by atomic mass is 19.1. The van der Waals surface area contributed by atoms with Gasteiger partial charge in [0.25, 0.3) is 5.91 Å². The second-order valence-corrected chi connectivity index (χ2v) is 6.76. The van der Waals surface area contributed by atoms with E-state index in [4.69, 9.17) is 4.74 Å². The molecule has 0 fully saturated rings. The van der Waals surface area contributed by atoms with Gasteiger partial charge in [-0.15, -0.1) is 0 Å². The van der Waals surface area contributed by atoms with E-state index < -0.39 is 0 Å². The van der Waals surface area contributed by atoms with E-state index in [1.165, 1.54) is 12.1 Å². The minimum Gasteiger partial charge on any atom is -0.491 e. The lowest BCUT2D eigenvalue weighted by Crippen LogP contribution is -2.47. The fraction of sp³-hybridized carbons (Fsp3) is 0.389. The van der Waals surface area contributed by atoms with Crippen molar-refractivity contribution in [1.82, 2.24) is 25.3 Å². The largest absolute Gasteiger partial charge is 0.491 e. The van der Waals surface area contributed by atoms with Gasteiger partial charge in [-0.1, -0.05) is 6.07 Å². The molecule has 8 nitrogen and oxygen atoms in total. The maximum absolute atomic E-state index is 13.2. The molecule has 1 aromatic carbocycles. The summed E-state index contributed by atoms with van der Waals surface area (Å²) in [5.41, 5.74) is 2.05. The number of amides is 3.